The number of anilines is 1. The number of hydrogen-bond donors (Lipinski definition) is 3. The number of hydrogen-bond acceptors (Lipinski definition) is 3. The summed E-state index contributed by atoms with van der Waals surface area (Å²) in [6, 6.07) is 5.36. The highest BCUT2D eigenvalue weighted by Crippen LogP contribution is 2.20. The number of nitrogens with one attached hydrogen (secondary N) is 3. The van der Waals surface area contributed by atoms with Crippen molar-refractivity contribution in [1.82, 2.24) is 10.6 Å². The largest absolute Gasteiger partial charge is 0.385 e. The van der Waals surface area contributed by atoms with Crippen molar-refractivity contribution in [2.45, 2.75) is 25.8 Å². The Morgan fingerprint density at radius 1 is 1.35 bits per heavy atom. The summed E-state index contributed by atoms with van der Waals surface area (Å²) in [4.78, 5) is 23.6. The molecule has 0 unspecified atom stereocenters. The molecule has 1 saturated carbocycles. The van der Waals surface area contributed by atoms with Crippen molar-refractivity contribution in [2.75, 3.05) is 18.4 Å². The number of halogens is 1. The van der Waals surface area contributed by atoms with E-state index in [0.717, 1.165) is 12.8 Å². The third-order valence-electron chi connectivity index (χ3n) is 2.95. The van der Waals surface area contributed by atoms with E-state index in [1.165, 1.54) is 0 Å². The molecule has 0 aromatic heterocycles. The first-order valence-corrected chi connectivity index (χ1v) is 7.09. The van der Waals surface area contributed by atoms with Gasteiger partial charge in [-0.25, -0.2) is 0 Å². The van der Waals surface area contributed by atoms with Crippen LogP contribution < -0.4 is 16.0 Å². The lowest BCUT2D eigenvalue weighted by Crippen LogP contribution is -2.38. The average molecular weight is 296 g/mol. The lowest BCUT2D eigenvalue weighted by atomic mass is 10.1. The number of rotatable bonds is 6. The van der Waals surface area contributed by atoms with Gasteiger partial charge in [-0.2, -0.15) is 0 Å². The predicted octanol–water partition coefficient (Wildman–Crippen LogP) is 1.78. The van der Waals surface area contributed by atoms with Gasteiger partial charge in [0.05, 0.1) is 12.1 Å². The van der Waals surface area contributed by atoms with Crippen LogP contribution in [-0.2, 0) is 4.79 Å². The van der Waals surface area contributed by atoms with E-state index in [2.05, 4.69) is 16.0 Å². The zero-order valence-corrected chi connectivity index (χ0v) is 12.1. The maximum Gasteiger partial charge on any atom is 0.253 e. The minimum absolute atomic E-state index is 0.0204. The molecule has 0 spiro atoms. The van der Waals surface area contributed by atoms with Gasteiger partial charge in [0.15, 0.2) is 0 Å². The molecule has 5 nitrogen and oxygen atoms in total. The van der Waals surface area contributed by atoms with E-state index >= 15 is 0 Å². The Labute approximate surface area is 123 Å². The van der Waals surface area contributed by atoms with Gasteiger partial charge in [0, 0.05) is 23.3 Å². The Bertz CT molecular complexity index is 515. The van der Waals surface area contributed by atoms with Gasteiger partial charge in [0.25, 0.3) is 5.91 Å². The molecule has 2 amide bonds. The molecule has 3 N–H and O–H groups in total. The van der Waals surface area contributed by atoms with E-state index in [9.17, 15) is 9.59 Å². The van der Waals surface area contributed by atoms with Gasteiger partial charge in [-0.15, -0.1) is 0 Å². The van der Waals surface area contributed by atoms with Crippen molar-refractivity contribution in [1.29, 1.82) is 0 Å². The Kier molecular flexibility index (Phi) is 4.84. The zero-order valence-electron chi connectivity index (χ0n) is 11.3. The summed E-state index contributed by atoms with van der Waals surface area (Å²) in [5.41, 5.74) is 1.15. The summed E-state index contributed by atoms with van der Waals surface area (Å²) in [5, 5.41) is 9.00. The summed E-state index contributed by atoms with van der Waals surface area (Å²) < 4.78 is 0. The molecule has 1 aromatic rings. The number of benzene rings is 1. The number of amides is 2. The van der Waals surface area contributed by atoms with Gasteiger partial charge >= 0.3 is 0 Å². The van der Waals surface area contributed by atoms with E-state index in [1.54, 1.807) is 18.2 Å². The number of carbonyl (C=O) groups excluding carboxylic acids is 2. The highest BCUT2D eigenvalue weighted by atomic mass is 35.5. The van der Waals surface area contributed by atoms with E-state index in [-0.39, 0.29) is 18.4 Å². The Morgan fingerprint density at radius 3 is 2.75 bits per heavy atom. The zero-order chi connectivity index (χ0) is 14.5. The van der Waals surface area contributed by atoms with Gasteiger partial charge < -0.3 is 16.0 Å². The summed E-state index contributed by atoms with van der Waals surface area (Å²) >= 11 is 5.91. The minimum Gasteiger partial charge on any atom is -0.385 e. The second-order valence-electron chi connectivity index (χ2n) is 4.74. The van der Waals surface area contributed by atoms with Gasteiger partial charge in [-0.05, 0) is 38.0 Å². The van der Waals surface area contributed by atoms with Crippen molar-refractivity contribution >= 4 is 29.1 Å². The predicted molar refractivity (Wildman–Crippen MR) is 79.1 cm³/mol. The topological polar surface area (TPSA) is 70.2 Å². The molecule has 1 aliphatic carbocycles. The van der Waals surface area contributed by atoms with Crippen LogP contribution in [0.2, 0.25) is 5.02 Å². The van der Waals surface area contributed by atoms with Crippen LogP contribution in [0, 0.1) is 0 Å². The lowest BCUT2D eigenvalue weighted by Gasteiger charge is -2.11. The molecule has 2 rings (SSSR count). The molecule has 6 heteroatoms. The standard InChI is InChI=1S/C14H18ClN3O2/c1-2-16-12-6-3-9(15)7-11(12)14(20)17-8-13(19)18-10-4-5-10/h3,6-7,10,16H,2,4-5,8H2,1H3,(H,17,20)(H,18,19). The Morgan fingerprint density at radius 2 is 2.10 bits per heavy atom. The fourth-order valence-corrected chi connectivity index (χ4v) is 1.98. The van der Waals surface area contributed by atoms with Gasteiger partial charge in [0.1, 0.15) is 0 Å². The van der Waals surface area contributed by atoms with Crippen molar-refractivity contribution < 1.29 is 9.59 Å². The van der Waals surface area contributed by atoms with Crippen LogP contribution in [0.15, 0.2) is 18.2 Å². The maximum absolute atomic E-state index is 12.1. The summed E-state index contributed by atoms with van der Waals surface area (Å²) in [6.07, 6.45) is 2.05. The first-order valence-electron chi connectivity index (χ1n) is 6.71. The van der Waals surface area contributed by atoms with E-state index in [4.69, 9.17) is 11.6 Å². The SMILES string of the molecule is CCNc1ccc(Cl)cc1C(=O)NCC(=O)NC1CC1. The number of carbonyl (C=O) groups is 2. The second-order valence-corrected chi connectivity index (χ2v) is 5.18. The Hall–Kier alpha value is -1.75. The fourth-order valence-electron chi connectivity index (χ4n) is 1.81. The third-order valence-corrected chi connectivity index (χ3v) is 3.18. The monoisotopic (exact) mass is 295 g/mol. The molecule has 20 heavy (non-hydrogen) atoms. The fraction of sp³-hybridized carbons (Fsp3) is 0.429. The quantitative estimate of drug-likeness (QED) is 0.749. The van der Waals surface area contributed by atoms with Crippen molar-refractivity contribution in [2.24, 2.45) is 0 Å². The van der Waals surface area contributed by atoms with Crippen molar-refractivity contribution in [3.05, 3.63) is 28.8 Å². The molecule has 1 fully saturated rings. The second kappa shape index (κ2) is 6.61. The van der Waals surface area contributed by atoms with Crippen LogP contribution >= 0.6 is 11.6 Å². The molecule has 0 atom stereocenters. The summed E-state index contributed by atoms with van der Waals surface area (Å²) in [5.74, 6) is -0.470. The van der Waals surface area contributed by atoms with E-state index < -0.39 is 0 Å². The summed E-state index contributed by atoms with van der Waals surface area (Å²) in [6.45, 7) is 2.62. The van der Waals surface area contributed by atoms with Crippen LogP contribution in [-0.4, -0.2) is 30.9 Å². The van der Waals surface area contributed by atoms with Crippen LogP contribution in [0.5, 0.6) is 0 Å². The third kappa shape index (κ3) is 4.13. The first kappa shape index (κ1) is 14.7. The van der Waals surface area contributed by atoms with E-state index in [0.29, 0.717) is 28.9 Å². The molecule has 108 valence electrons. The molecular weight excluding hydrogens is 278 g/mol. The summed E-state index contributed by atoms with van der Waals surface area (Å²) in [7, 11) is 0. The molecule has 0 heterocycles. The average Bonchev–Trinajstić information content (AvgIpc) is 3.22. The lowest BCUT2D eigenvalue weighted by molar-refractivity contribution is -0.120. The van der Waals surface area contributed by atoms with E-state index in [1.807, 2.05) is 6.92 Å². The Balaban J connectivity index is 1.96. The smallest absolute Gasteiger partial charge is 0.253 e. The molecule has 0 aliphatic heterocycles. The molecule has 0 saturated heterocycles. The van der Waals surface area contributed by atoms with Gasteiger partial charge in [-0.1, -0.05) is 11.6 Å². The molecule has 1 aromatic carbocycles. The normalized spacial score (nSPS) is 13.7. The highest BCUT2D eigenvalue weighted by molar-refractivity contribution is 6.31. The highest BCUT2D eigenvalue weighted by Gasteiger charge is 2.23. The molecule has 0 radical (unpaired) electrons. The molecule has 1 aliphatic rings. The minimum atomic E-state index is -0.311. The van der Waals surface area contributed by atoms with Crippen LogP contribution in [0.25, 0.3) is 0 Å². The van der Waals surface area contributed by atoms with Crippen LogP contribution in [0.1, 0.15) is 30.1 Å². The van der Waals surface area contributed by atoms with Crippen molar-refractivity contribution in [3.63, 3.8) is 0 Å². The van der Waals surface area contributed by atoms with Gasteiger partial charge in [-0.3, -0.25) is 9.59 Å². The molecule has 0 bridgehead atoms. The first-order chi connectivity index (χ1) is 9.60. The van der Waals surface area contributed by atoms with Crippen LogP contribution in [0.3, 0.4) is 0 Å². The van der Waals surface area contributed by atoms with Gasteiger partial charge in [0.2, 0.25) is 5.91 Å². The maximum atomic E-state index is 12.1. The van der Waals surface area contributed by atoms with Crippen molar-refractivity contribution in [3.8, 4) is 0 Å². The molecular formula is C14H18ClN3O2. The van der Waals surface area contributed by atoms with Crippen LogP contribution in [0.4, 0.5) is 5.69 Å².